The summed E-state index contributed by atoms with van der Waals surface area (Å²) >= 11 is 0. The first-order chi connectivity index (χ1) is 10.3. The number of aromatic nitrogens is 2. The topological polar surface area (TPSA) is 58.6 Å². The van der Waals surface area contributed by atoms with Crippen molar-refractivity contribution < 1.29 is 9.53 Å². The summed E-state index contributed by atoms with van der Waals surface area (Å²) in [6.45, 7) is 5.17. The lowest BCUT2D eigenvalue weighted by Gasteiger charge is -2.34. The minimum absolute atomic E-state index is 0.220. The Labute approximate surface area is 125 Å². The molecule has 2 aliphatic rings. The number of piperidine rings is 1. The molecule has 114 valence electrons. The van der Waals surface area contributed by atoms with E-state index in [0.29, 0.717) is 25.7 Å². The highest BCUT2D eigenvalue weighted by atomic mass is 16.5. The highest BCUT2D eigenvalue weighted by Gasteiger charge is 2.26. The number of carbonyl (C=O) groups is 1. The number of hydrogen-bond acceptors (Lipinski definition) is 5. The molecule has 1 aromatic heterocycles. The van der Waals surface area contributed by atoms with Gasteiger partial charge in [-0.15, -0.1) is 0 Å². The molecule has 6 nitrogen and oxygen atoms in total. The molecule has 0 aromatic carbocycles. The maximum atomic E-state index is 12.3. The van der Waals surface area contributed by atoms with Crippen molar-refractivity contribution in [2.75, 3.05) is 45.9 Å². The van der Waals surface area contributed by atoms with Crippen LogP contribution in [0.3, 0.4) is 0 Å². The molecule has 1 atom stereocenters. The van der Waals surface area contributed by atoms with E-state index in [1.807, 2.05) is 11.1 Å². The first kappa shape index (κ1) is 14.4. The van der Waals surface area contributed by atoms with Gasteiger partial charge >= 0.3 is 0 Å². The number of likely N-dealkylation sites (tertiary alicyclic amines) is 1. The summed E-state index contributed by atoms with van der Waals surface area (Å²) in [5.41, 5.74) is 1.04. The molecule has 21 heavy (non-hydrogen) atoms. The highest BCUT2D eigenvalue weighted by molar-refractivity contribution is 5.78. The highest BCUT2D eigenvalue weighted by Crippen LogP contribution is 2.24. The molecule has 3 heterocycles. The smallest absolute Gasteiger partial charge is 0.236 e. The molecule has 0 bridgehead atoms. The van der Waals surface area contributed by atoms with E-state index >= 15 is 0 Å². The Bertz CT molecular complexity index is 462. The molecule has 0 unspecified atom stereocenters. The van der Waals surface area contributed by atoms with Crippen LogP contribution < -0.4 is 0 Å². The van der Waals surface area contributed by atoms with Crippen LogP contribution in [-0.4, -0.2) is 71.6 Å². The fourth-order valence-electron chi connectivity index (χ4n) is 3.07. The molecular weight excluding hydrogens is 268 g/mol. The van der Waals surface area contributed by atoms with Gasteiger partial charge in [-0.25, -0.2) is 0 Å². The van der Waals surface area contributed by atoms with Gasteiger partial charge < -0.3 is 9.64 Å². The standard InChI is InChI=1S/C15H22N4O2/c20-15(19-6-8-21-9-7-19)12-18-5-1-2-13(11-18)14-10-16-3-4-17-14/h3-4,10,13H,1-2,5-9,11-12H2/t13-/m0/s1. The van der Waals surface area contributed by atoms with E-state index in [1.54, 1.807) is 12.4 Å². The second-order valence-corrected chi connectivity index (χ2v) is 5.70. The van der Waals surface area contributed by atoms with Crippen LogP contribution in [0.15, 0.2) is 18.6 Å². The van der Waals surface area contributed by atoms with Crippen molar-refractivity contribution in [1.82, 2.24) is 19.8 Å². The molecule has 1 aromatic rings. The van der Waals surface area contributed by atoms with Crippen molar-refractivity contribution in [3.63, 3.8) is 0 Å². The zero-order valence-corrected chi connectivity index (χ0v) is 12.3. The van der Waals surface area contributed by atoms with E-state index in [9.17, 15) is 4.79 Å². The summed E-state index contributed by atoms with van der Waals surface area (Å²) in [6, 6.07) is 0. The third kappa shape index (κ3) is 3.77. The zero-order valence-electron chi connectivity index (χ0n) is 12.3. The Morgan fingerprint density at radius 3 is 2.90 bits per heavy atom. The molecule has 0 saturated carbocycles. The van der Waals surface area contributed by atoms with Crippen LogP contribution in [0.25, 0.3) is 0 Å². The predicted octanol–water partition coefficient (Wildman–Crippen LogP) is 0.515. The van der Waals surface area contributed by atoms with E-state index in [4.69, 9.17) is 4.74 Å². The van der Waals surface area contributed by atoms with Gasteiger partial charge in [-0.1, -0.05) is 0 Å². The van der Waals surface area contributed by atoms with Crippen LogP contribution in [0.5, 0.6) is 0 Å². The number of rotatable bonds is 3. The van der Waals surface area contributed by atoms with Gasteiger partial charge in [0.2, 0.25) is 5.91 Å². The third-order valence-corrected chi connectivity index (χ3v) is 4.23. The number of hydrogen-bond donors (Lipinski definition) is 0. The van der Waals surface area contributed by atoms with Gasteiger partial charge in [0.25, 0.3) is 0 Å². The van der Waals surface area contributed by atoms with Gasteiger partial charge in [0.05, 0.1) is 25.5 Å². The molecule has 0 spiro atoms. The Hall–Kier alpha value is -1.53. The van der Waals surface area contributed by atoms with E-state index in [2.05, 4.69) is 14.9 Å². The normalized spacial score (nSPS) is 24.0. The summed E-state index contributed by atoms with van der Waals surface area (Å²) in [6.07, 6.45) is 7.52. The molecule has 0 radical (unpaired) electrons. The summed E-state index contributed by atoms with van der Waals surface area (Å²) < 4.78 is 5.29. The molecule has 2 fully saturated rings. The van der Waals surface area contributed by atoms with Crippen LogP contribution in [0, 0.1) is 0 Å². The largest absolute Gasteiger partial charge is 0.378 e. The summed E-state index contributed by atoms with van der Waals surface area (Å²) in [5, 5.41) is 0. The molecule has 2 aliphatic heterocycles. The van der Waals surface area contributed by atoms with Gasteiger partial charge in [0, 0.05) is 44.1 Å². The maximum absolute atomic E-state index is 12.3. The fourth-order valence-corrected chi connectivity index (χ4v) is 3.07. The van der Waals surface area contributed by atoms with E-state index < -0.39 is 0 Å². The van der Waals surface area contributed by atoms with Crippen molar-refractivity contribution in [3.05, 3.63) is 24.3 Å². The van der Waals surface area contributed by atoms with Crippen molar-refractivity contribution in [3.8, 4) is 0 Å². The van der Waals surface area contributed by atoms with Crippen molar-refractivity contribution >= 4 is 5.91 Å². The van der Waals surface area contributed by atoms with Crippen molar-refractivity contribution in [2.24, 2.45) is 0 Å². The monoisotopic (exact) mass is 290 g/mol. The Morgan fingerprint density at radius 2 is 2.14 bits per heavy atom. The number of amides is 1. The second kappa shape index (κ2) is 6.95. The Morgan fingerprint density at radius 1 is 1.29 bits per heavy atom. The summed E-state index contributed by atoms with van der Waals surface area (Å²) in [7, 11) is 0. The summed E-state index contributed by atoms with van der Waals surface area (Å²) in [4.78, 5) is 25.0. The third-order valence-electron chi connectivity index (χ3n) is 4.23. The van der Waals surface area contributed by atoms with Gasteiger partial charge in [0.15, 0.2) is 0 Å². The number of carbonyl (C=O) groups excluding carboxylic acids is 1. The predicted molar refractivity (Wildman–Crippen MR) is 77.8 cm³/mol. The minimum Gasteiger partial charge on any atom is -0.378 e. The number of ether oxygens (including phenoxy) is 1. The molecule has 6 heteroatoms. The van der Waals surface area contributed by atoms with Crippen LogP contribution in [0.1, 0.15) is 24.5 Å². The molecule has 2 saturated heterocycles. The number of morpholine rings is 1. The first-order valence-corrected chi connectivity index (χ1v) is 7.67. The molecular formula is C15H22N4O2. The van der Waals surface area contributed by atoms with Crippen LogP contribution in [0.2, 0.25) is 0 Å². The molecule has 1 amide bonds. The molecule has 3 rings (SSSR count). The summed E-state index contributed by atoms with van der Waals surface area (Å²) in [5.74, 6) is 0.614. The quantitative estimate of drug-likeness (QED) is 0.812. The van der Waals surface area contributed by atoms with E-state index in [1.165, 1.54) is 0 Å². The Balaban J connectivity index is 1.55. The lowest BCUT2D eigenvalue weighted by molar-refractivity contribution is -0.136. The van der Waals surface area contributed by atoms with Crippen molar-refractivity contribution in [1.29, 1.82) is 0 Å². The minimum atomic E-state index is 0.220. The van der Waals surface area contributed by atoms with Gasteiger partial charge in [-0.2, -0.15) is 0 Å². The molecule has 0 N–H and O–H groups in total. The van der Waals surface area contributed by atoms with Gasteiger partial charge in [-0.05, 0) is 19.4 Å². The second-order valence-electron chi connectivity index (χ2n) is 5.70. The lowest BCUT2D eigenvalue weighted by atomic mass is 9.95. The van der Waals surface area contributed by atoms with Crippen LogP contribution in [0.4, 0.5) is 0 Å². The lowest BCUT2D eigenvalue weighted by Crippen LogP contribution is -2.47. The Kier molecular flexibility index (Phi) is 4.77. The first-order valence-electron chi connectivity index (χ1n) is 7.67. The number of nitrogens with zero attached hydrogens (tertiary/aromatic N) is 4. The van der Waals surface area contributed by atoms with Crippen LogP contribution in [-0.2, 0) is 9.53 Å². The molecule has 0 aliphatic carbocycles. The zero-order chi connectivity index (χ0) is 14.5. The SMILES string of the molecule is O=C(CN1CCC[C@H](c2cnccn2)C1)N1CCOCC1. The van der Waals surface area contributed by atoms with Crippen molar-refractivity contribution in [2.45, 2.75) is 18.8 Å². The van der Waals surface area contributed by atoms with E-state index in [0.717, 1.165) is 44.7 Å². The fraction of sp³-hybridized carbons (Fsp3) is 0.667. The van der Waals surface area contributed by atoms with Crippen LogP contribution >= 0.6 is 0 Å². The van der Waals surface area contributed by atoms with E-state index in [-0.39, 0.29) is 5.91 Å². The van der Waals surface area contributed by atoms with Gasteiger partial charge in [-0.3, -0.25) is 19.7 Å². The average molecular weight is 290 g/mol. The average Bonchev–Trinajstić information content (AvgIpc) is 2.57. The maximum Gasteiger partial charge on any atom is 0.236 e. The van der Waals surface area contributed by atoms with Gasteiger partial charge in [0.1, 0.15) is 0 Å².